The number of fused-ring (bicyclic) bond motifs is 1. The number of hydrazine groups is 1. The molecule has 0 aliphatic heterocycles. The van der Waals surface area contributed by atoms with Gasteiger partial charge in [-0.25, -0.2) is 5.43 Å². The van der Waals surface area contributed by atoms with Gasteiger partial charge in [-0.3, -0.25) is 10.2 Å². The third-order valence-corrected chi connectivity index (χ3v) is 3.12. The first-order chi connectivity index (χ1) is 10.2. The van der Waals surface area contributed by atoms with E-state index in [1.165, 1.54) is 0 Å². The van der Waals surface area contributed by atoms with Gasteiger partial charge in [-0.2, -0.15) is 0 Å². The summed E-state index contributed by atoms with van der Waals surface area (Å²) in [5.74, 6) is 0.0607. The largest absolute Gasteiger partial charge is 0.508 e. The van der Waals surface area contributed by atoms with Crippen LogP contribution in [0.3, 0.4) is 0 Å². The number of nitrogens with one attached hydrogen (secondary N) is 2. The van der Waals surface area contributed by atoms with Crippen LogP contribution in [0.5, 0.6) is 5.75 Å². The smallest absolute Gasteiger partial charge is 0.301 e. The highest BCUT2D eigenvalue weighted by atomic mass is 16.3. The molecule has 3 aromatic rings. The van der Waals surface area contributed by atoms with Crippen molar-refractivity contribution < 1.29 is 14.3 Å². The van der Waals surface area contributed by atoms with Crippen LogP contribution in [0.4, 0.5) is 0 Å². The second kappa shape index (κ2) is 5.68. The minimum absolute atomic E-state index is 0.183. The average Bonchev–Trinajstić information content (AvgIpc) is 2.93. The summed E-state index contributed by atoms with van der Waals surface area (Å²) in [5.41, 5.74) is 6.67. The Morgan fingerprint density at radius 2 is 1.86 bits per heavy atom. The lowest BCUT2D eigenvalue weighted by molar-refractivity contribution is 0.0906. The Morgan fingerprint density at radius 3 is 2.67 bits per heavy atom. The average molecular weight is 282 g/mol. The van der Waals surface area contributed by atoms with E-state index in [-0.39, 0.29) is 17.4 Å². The van der Waals surface area contributed by atoms with E-state index in [1.807, 2.05) is 30.3 Å². The number of hydrogen-bond acceptors (Lipinski definition) is 4. The number of furan rings is 1. The first kappa shape index (κ1) is 13.2. The maximum atomic E-state index is 12.0. The molecule has 0 radical (unpaired) electrons. The van der Waals surface area contributed by atoms with Crippen LogP contribution in [-0.2, 0) is 6.54 Å². The van der Waals surface area contributed by atoms with Crippen molar-refractivity contribution in [2.24, 2.45) is 0 Å². The summed E-state index contributed by atoms with van der Waals surface area (Å²) in [4.78, 5) is 12.0. The van der Waals surface area contributed by atoms with E-state index in [9.17, 15) is 9.90 Å². The van der Waals surface area contributed by atoms with Crippen LogP contribution in [0.25, 0.3) is 11.0 Å². The summed E-state index contributed by atoms with van der Waals surface area (Å²) in [6.07, 6.45) is 0. The summed E-state index contributed by atoms with van der Waals surface area (Å²) in [6, 6.07) is 16.0. The van der Waals surface area contributed by atoms with Crippen molar-refractivity contribution in [1.82, 2.24) is 10.9 Å². The number of carbonyl (C=O) groups excluding carboxylic acids is 1. The number of amides is 1. The highest BCUT2D eigenvalue weighted by molar-refractivity contribution is 5.95. The van der Waals surface area contributed by atoms with E-state index in [0.717, 1.165) is 5.39 Å². The number of benzene rings is 2. The molecule has 1 aromatic heterocycles. The Balaban J connectivity index is 1.63. The molecule has 3 rings (SSSR count). The molecule has 0 spiro atoms. The molecule has 0 aliphatic rings. The van der Waals surface area contributed by atoms with Crippen LogP contribution in [-0.4, -0.2) is 11.0 Å². The molecule has 0 saturated heterocycles. The molecule has 5 heteroatoms. The van der Waals surface area contributed by atoms with E-state index in [2.05, 4.69) is 10.9 Å². The third kappa shape index (κ3) is 2.88. The highest BCUT2D eigenvalue weighted by Crippen LogP contribution is 2.18. The number of carbonyl (C=O) groups is 1. The molecule has 1 heterocycles. The van der Waals surface area contributed by atoms with Gasteiger partial charge in [0.25, 0.3) is 0 Å². The molecule has 0 aliphatic carbocycles. The van der Waals surface area contributed by atoms with Crippen LogP contribution < -0.4 is 10.9 Å². The Kier molecular flexibility index (Phi) is 3.57. The predicted molar refractivity (Wildman–Crippen MR) is 78.6 cm³/mol. The number of para-hydroxylation sites is 2. The van der Waals surface area contributed by atoms with Crippen molar-refractivity contribution in [3.05, 3.63) is 65.9 Å². The maximum absolute atomic E-state index is 12.0. The second-order valence-electron chi connectivity index (χ2n) is 4.58. The second-order valence-corrected chi connectivity index (χ2v) is 4.58. The zero-order chi connectivity index (χ0) is 14.7. The highest BCUT2D eigenvalue weighted by Gasteiger charge is 2.11. The topological polar surface area (TPSA) is 74.5 Å². The van der Waals surface area contributed by atoms with Gasteiger partial charge in [0.05, 0.1) is 0 Å². The summed E-state index contributed by atoms with van der Waals surface area (Å²) in [7, 11) is 0. The van der Waals surface area contributed by atoms with E-state index in [0.29, 0.717) is 17.7 Å². The fourth-order valence-corrected chi connectivity index (χ4v) is 2.04. The first-order valence-electron chi connectivity index (χ1n) is 6.53. The molecule has 0 fully saturated rings. The summed E-state index contributed by atoms with van der Waals surface area (Å²) >= 11 is 0. The van der Waals surface area contributed by atoms with Gasteiger partial charge in [0.2, 0.25) is 0 Å². The molecule has 21 heavy (non-hydrogen) atoms. The maximum Gasteiger partial charge on any atom is 0.301 e. The van der Waals surface area contributed by atoms with Crippen molar-refractivity contribution in [3.63, 3.8) is 0 Å². The van der Waals surface area contributed by atoms with Gasteiger partial charge in [-0.15, -0.1) is 0 Å². The van der Waals surface area contributed by atoms with Crippen LogP contribution in [0, 0.1) is 0 Å². The molecule has 3 N–H and O–H groups in total. The van der Waals surface area contributed by atoms with Gasteiger partial charge in [0, 0.05) is 17.5 Å². The molecule has 0 saturated carbocycles. The molecular weight excluding hydrogens is 268 g/mol. The molecule has 2 aromatic carbocycles. The van der Waals surface area contributed by atoms with Crippen LogP contribution in [0.2, 0.25) is 0 Å². The minimum atomic E-state index is -0.360. The van der Waals surface area contributed by atoms with Crippen molar-refractivity contribution in [2.45, 2.75) is 6.54 Å². The lowest BCUT2D eigenvalue weighted by atomic mass is 10.2. The molecule has 0 atom stereocenters. The van der Waals surface area contributed by atoms with Gasteiger partial charge in [-0.1, -0.05) is 36.4 Å². The van der Waals surface area contributed by atoms with Gasteiger partial charge < -0.3 is 9.52 Å². The fraction of sp³-hybridized carbons (Fsp3) is 0.0625. The number of aromatic hydroxyl groups is 1. The number of phenols is 1. The standard InChI is InChI=1S/C16H14N2O3/c19-13-7-3-1-6-12(13)10-17-18-16(20)15-9-11-5-2-4-8-14(11)21-15/h1-9,17,19H,10H2,(H,18,20). The molecular formula is C16H14N2O3. The predicted octanol–water partition coefficient (Wildman–Crippen LogP) is 2.57. The molecule has 0 unspecified atom stereocenters. The lowest BCUT2D eigenvalue weighted by Crippen LogP contribution is -2.36. The first-order valence-corrected chi connectivity index (χ1v) is 6.53. The molecule has 5 nitrogen and oxygen atoms in total. The molecule has 106 valence electrons. The molecule has 1 amide bonds. The Bertz CT molecular complexity index is 747. The van der Waals surface area contributed by atoms with Crippen molar-refractivity contribution in [1.29, 1.82) is 0 Å². The number of phenolic OH excluding ortho intramolecular Hbond substituents is 1. The number of rotatable bonds is 4. The summed E-state index contributed by atoms with van der Waals surface area (Å²) < 4.78 is 5.45. The molecule has 0 bridgehead atoms. The Morgan fingerprint density at radius 1 is 1.10 bits per heavy atom. The Hall–Kier alpha value is -2.79. The van der Waals surface area contributed by atoms with Crippen molar-refractivity contribution in [2.75, 3.05) is 0 Å². The monoisotopic (exact) mass is 282 g/mol. The van der Waals surface area contributed by atoms with Crippen molar-refractivity contribution in [3.8, 4) is 5.75 Å². The quantitative estimate of drug-likeness (QED) is 0.643. The zero-order valence-corrected chi connectivity index (χ0v) is 11.2. The van der Waals surface area contributed by atoms with Gasteiger partial charge >= 0.3 is 5.91 Å². The zero-order valence-electron chi connectivity index (χ0n) is 11.2. The van der Waals surface area contributed by atoms with Crippen LogP contribution in [0.15, 0.2) is 59.0 Å². The van der Waals surface area contributed by atoms with Crippen LogP contribution >= 0.6 is 0 Å². The normalized spacial score (nSPS) is 10.7. The third-order valence-electron chi connectivity index (χ3n) is 3.12. The Labute approximate surface area is 121 Å². The number of hydrogen-bond donors (Lipinski definition) is 3. The van der Waals surface area contributed by atoms with E-state index >= 15 is 0 Å². The van der Waals surface area contributed by atoms with Gasteiger partial charge in [0.15, 0.2) is 5.76 Å². The van der Waals surface area contributed by atoms with Gasteiger partial charge in [0.1, 0.15) is 11.3 Å². The van der Waals surface area contributed by atoms with E-state index < -0.39 is 0 Å². The minimum Gasteiger partial charge on any atom is -0.508 e. The van der Waals surface area contributed by atoms with E-state index in [1.54, 1.807) is 24.3 Å². The van der Waals surface area contributed by atoms with Gasteiger partial charge in [-0.05, 0) is 18.2 Å². The van der Waals surface area contributed by atoms with E-state index in [4.69, 9.17) is 4.42 Å². The lowest BCUT2D eigenvalue weighted by Gasteiger charge is -2.07. The fourth-order valence-electron chi connectivity index (χ4n) is 2.04. The summed E-state index contributed by atoms with van der Waals surface area (Å²) in [6.45, 7) is 0.318. The summed E-state index contributed by atoms with van der Waals surface area (Å²) in [5, 5.41) is 10.5. The SMILES string of the molecule is O=C(NNCc1ccccc1O)c1cc2ccccc2o1. The van der Waals surface area contributed by atoms with Crippen molar-refractivity contribution >= 4 is 16.9 Å². The van der Waals surface area contributed by atoms with Crippen LogP contribution in [0.1, 0.15) is 16.1 Å².